The second-order valence-corrected chi connectivity index (χ2v) is 4.43. The van der Waals surface area contributed by atoms with Gasteiger partial charge >= 0.3 is 5.97 Å². The first-order valence-electron chi connectivity index (χ1n) is 5.60. The molecular formula is C13H17NO2. The van der Waals surface area contributed by atoms with Gasteiger partial charge in [0.1, 0.15) is 5.54 Å². The average Bonchev–Trinajstić information content (AvgIpc) is 2.93. The molecule has 86 valence electrons. The van der Waals surface area contributed by atoms with Crippen molar-refractivity contribution in [2.45, 2.75) is 31.7 Å². The molecular weight excluding hydrogens is 202 g/mol. The zero-order valence-electron chi connectivity index (χ0n) is 9.69. The number of carbonyl (C=O) groups is 1. The normalized spacial score (nSPS) is 27.6. The fourth-order valence-electron chi connectivity index (χ4n) is 2.07. The molecule has 0 spiro atoms. The van der Waals surface area contributed by atoms with Gasteiger partial charge in [-0.2, -0.15) is 0 Å². The van der Waals surface area contributed by atoms with Crippen LogP contribution in [0.15, 0.2) is 24.3 Å². The minimum absolute atomic E-state index is 0.117. The maximum absolute atomic E-state index is 11.6. The van der Waals surface area contributed by atoms with E-state index < -0.39 is 5.54 Å². The first-order chi connectivity index (χ1) is 7.58. The number of nitrogens with two attached hydrogens (primary N) is 1. The van der Waals surface area contributed by atoms with Crippen LogP contribution in [0.1, 0.15) is 30.4 Å². The summed E-state index contributed by atoms with van der Waals surface area (Å²) in [4.78, 5) is 11.6. The van der Waals surface area contributed by atoms with Crippen LogP contribution >= 0.6 is 0 Å². The minimum Gasteiger partial charge on any atom is -0.465 e. The van der Waals surface area contributed by atoms with Crippen molar-refractivity contribution in [3.05, 3.63) is 35.4 Å². The Bertz CT molecular complexity index is 416. The van der Waals surface area contributed by atoms with Crippen molar-refractivity contribution in [1.29, 1.82) is 0 Å². The molecule has 0 radical (unpaired) electrons. The van der Waals surface area contributed by atoms with Crippen molar-refractivity contribution in [2.75, 3.05) is 6.61 Å². The Morgan fingerprint density at radius 1 is 1.62 bits per heavy atom. The first kappa shape index (κ1) is 11.1. The third kappa shape index (κ3) is 1.83. The number of aryl methyl sites for hydroxylation is 1. The van der Waals surface area contributed by atoms with E-state index in [1.165, 1.54) is 5.56 Å². The summed E-state index contributed by atoms with van der Waals surface area (Å²) < 4.78 is 4.99. The lowest BCUT2D eigenvalue weighted by molar-refractivity contribution is -0.145. The number of rotatable bonds is 3. The maximum atomic E-state index is 11.6. The fraction of sp³-hybridized carbons (Fsp3) is 0.462. The van der Waals surface area contributed by atoms with Gasteiger partial charge in [0.15, 0.2) is 0 Å². The second kappa shape index (κ2) is 3.91. The van der Waals surface area contributed by atoms with Gasteiger partial charge in [0.2, 0.25) is 0 Å². The van der Waals surface area contributed by atoms with Crippen molar-refractivity contribution >= 4 is 5.97 Å². The van der Waals surface area contributed by atoms with E-state index in [0.717, 1.165) is 5.56 Å². The van der Waals surface area contributed by atoms with Crippen molar-refractivity contribution in [1.82, 2.24) is 0 Å². The predicted octanol–water partition coefficient (Wildman–Crippen LogP) is 1.74. The molecule has 0 bridgehead atoms. The van der Waals surface area contributed by atoms with Crippen LogP contribution in [-0.4, -0.2) is 18.1 Å². The summed E-state index contributed by atoms with van der Waals surface area (Å²) >= 11 is 0. The molecule has 0 aliphatic heterocycles. The van der Waals surface area contributed by atoms with Gasteiger partial charge in [-0.25, -0.2) is 0 Å². The number of esters is 1. The lowest BCUT2D eigenvalue weighted by Gasteiger charge is -2.10. The summed E-state index contributed by atoms with van der Waals surface area (Å²) in [6, 6.07) is 8.13. The zero-order chi connectivity index (χ0) is 11.8. The highest BCUT2D eigenvalue weighted by Gasteiger charge is 2.59. The summed E-state index contributed by atoms with van der Waals surface area (Å²) in [7, 11) is 0. The number of hydrogen-bond acceptors (Lipinski definition) is 3. The third-order valence-corrected chi connectivity index (χ3v) is 3.10. The van der Waals surface area contributed by atoms with Crippen LogP contribution in [0.5, 0.6) is 0 Å². The van der Waals surface area contributed by atoms with Crippen LogP contribution in [-0.2, 0) is 9.53 Å². The van der Waals surface area contributed by atoms with Gasteiger partial charge in [0.05, 0.1) is 6.61 Å². The van der Waals surface area contributed by atoms with Gasteiger partial charge in [-0.1, -0.05) is 29.8 Å². The SMILES string of the molecule is CCOC(=O)C1(N)CC1c1cccc(C)c1. The minimum atomic E-state index is -0.788. The summed E-state index contributed by atoms with van der Waals surface area (Å²) in [5.74, 6) is -0.159. The number of benzene rings is 1. The third-order valence-electron chi connectivity index (χ3n) is 3.10. The molecule has 2 unspecified atom stereocenters. The second-order valence-electron chi connectivity index (χ2n) is 4.43. The Balaban J connectivity index is 2.13. The molecule has 0 aromatic heterocycles. The fourth-order valence-corrected chi connectivity index (χ4v) is 2.07. The van der Waals surface area contributed by atoms with Gasteiger partial charge < -0.3 is 10.5 Å². The molecule has 1 aliphatic carbocycles. The molecule has 1 aromatic carbocycles. The molecule has 3 heteroatoms. The molecule has 1 aliphatic rings. The average molecular weight is 219 g/mol. The van der Waals surface area contributed by atoms with E-state index in [0.29, 0.717) is 13.0 Å². The summed E-state index contributed by atoms with van der Waals surface area (Å²) in [6.45, 7) is 4.22. The molecule has 3 nitrogen and oxygen atoms in total. The first-order valence-corrected chi connectivity index (χ1v) is 5.60. The molecule has 1 aromatic rings. The van der Waals surface area contributed by atoms with Gasteiger partial charge in [-0.05, 0) is 25.8 Å². The smallest absolute Gasteiger partial charge is 0.326 e. The van der Waals surface area contributed by atoms with Gasteiger partial charge in [-0.3, -0.25) is 4.79 Å². The van der Waals surface area contributed by atoms with Gasteiger partial charge in [0, 0.05) is 5.92 Å². The van der Waals surface area contributed by atoms with Crippen molar-refractivity contribution in [3.63, 3.8) is 0 Å². The van der Waals surface area contributed by atoms with Crippen LogP contribution in [0.4, 0.5) is 0 Å². The highest BCUT2D eigenvalue weighted by Crippen LogP contribution is 2.50. The molecule has 0 saturated heterocycles. The Kier molecular flexibility index (Phi) is 2.72. The van der Waals surface area contributed by atoms with Crippen LogP contribution in [0, 0.1) is 6.92 Å². The number of hydrogen-bond donors (Lipinski definition) is 1. The Labute approximate surface area is 95.6 Å². The molecule has 2 rings (SSSR count). The standard InChI is InChI=1S/C13H17NO2/c1-3-16-12(15)13(14)8-11(13)10-6-4-5-9(2)7-10/h4-7,11H,3,8,14H2,1-2H3. The molecule has 2 atom stereocenters. The lowest BCUT2D eigenvalue weighted by Crippen LogP contribution is -2.36. The van der Waals surface area contributed by atoms with Crippen molar-refractivity contribution < 1.29 is 9.53 Å². The van der Waals surface area contributed by atoms with Gasteiger partial charge in [-0.15, -0.1) is 0 Å². The van der Waals surface area contributed by atoms with Crippen LogP contribution in [0.2, 0.25) is 0 Å². The van der Waals surface area contributed by atoms with E-state index >= 15 is 0 Å². The summed E-state index contributed by atoms with van der Waals surface area (Å²) in [6.07, 6.45) is 0.690. The number of ether oxygens (including phenoxy) is 1. The molecule has 16 heavy (non-hydrogen) atoms. The zero-order valence-corrected chi connectivity index (χ0v) is 9.69. The van der Waals surface area contributed by atoms with E-state index in [-0.39, 0.29) is 11.9 Å². The van der Waals surface area contributed by atoms with Crippen molar-refractivity contribution in [2.24, 2.45) is 5.73 Å². The van der Waals surface area contributed by atoms with E-state index in [1.807, 2.05) is 25.1 Å². The highest BCUT2D eigenvalue weighted by atomic mass is 16.5. The number of carbonyl (C=O) groups excluding carboxylic acids is 1. The predicted molar refractivity (Wildman–Crippen MR) is 62.1 cm³/mol. The Morgan fingerprint density at radius 3 is 3.00 bits per heavy atom. The van der Waals surface area contributed by atoms with Gasteiger partial charge in [0.25, 0.3) is 0 Å². The van der Waals surface area contributed by atoms with E-state index in [2.05, 4.69) is 6.07 Å². The highest BCUT2D eigenvalue weighted by molar-refractivity contribution is 5.86. The van der Waals surface area contributed by atoms with Crippen LogP contribution in [0.25, 0.3) is 0 Å². The van der Waals surface area contributed by atoms with E-state index in [9.17, 15) is 4.79 Å². The quantitative estimate of drug-likeness (QED) is 0.788. The van der Waals surface area contributed by atoms with Crippen molar-refractivity contribution in [3.8, 4) is 0 Å². The largest absolute Gasteiger partial charge is 0.465 e. The Morgan fingerprint density at radius 2 is 2.38 bits per heavy atom. The molecule has 0 amide bonds. The van der Waals surface area contributed by atoms with E-state index in [4.69, 9.17) is 10.5 Å². The molecule has 1 saturated carbocycles. The lowest BCUT2D eigenvalue weighted by atomic mass is 10.0. The summed E-state index contributed by atoms with van der Waals surface area (Å²) in [5, 5.41) is 0. The monoisotopic (exact) mass is 219 g/mol. The Hall–Kier alpha value is -1.35. The van der Waals surface area contributed by atoms with E-state index in [1.54, 1.807) is 6.92 Å². The maximum Gasteiger partial charge on any atom is 0.326 e. The van der Waals surface area contributed by atoms with Crippen LogP contribution < -0.4 is 5.73 Å². The topological polar surface area (TPSA) is 52.3 Å². The molecule has 2 N–H and O–H groups in total. The summed E-state index contributed by atoms with van der Waals surface area (Å²) in [5.41, 5.74) is 7.57. The molecule has 1 fully saturated rings. The molecule has 0 heterocycles. The van der Waals surface area contributed by atoms with Crippen LogP contribution in [0.3, 0.4) is 0 Å².